The van der Waals surface area contributed by atoms with Crippen molar-refractivity contribution in [2.24, 2.45) is 0 Å². The average molecular weight is 427 g/mol. The van der Waals surface area contributed by atoms with Gasteiger partial charge < -0.3 is 10.2 Å². The number of likely N-dealkylation sites (tertiary alicyclic amines) is 1. The van der Waals surface area contributed by atoms with E-state index in [1.54, 1.807) is 19.1 Å². The monoisotopic (exact) mass is 426 g/mol. The third kappa shape index (κ3) is 5.21. The van der Waals surface area contributed by atoms with Crippen molar-refractivity contribution in [3.05, 3.63) is 63.8 Å². The predicted octanol–water partition coefficient (Wildman–Crippen LogP) is 2.78. The van der Waals surface area contributed by atoms with Crippen LogP contribution in [0.3, 0.4) is 0 Å². The summed E-state index contributed by atoms with van der Waals surface area (Å²) in [5, 5.41) is 7.19. The fourth-order valence-corrected chi connectivity index (χ4v) is 5.15. The molecular formula is C24H31FN4O2. The van der Waals surface area contributed by atoms with E-state index in [1.807, 2.05) is 6.07 Å². The van der Waals surface area contributed by atoms with Crippen molar-refractivity contribution in [1.29, 1.82) is 0 Å². The van der Waals surface area contributed by atoms with Gasteiger partial charge in [-0.25, -0.2) is 9.07 Å². The fourth-order valence-electron chi connectivity index (χ4n) is 5.15. The molecule has 2 aromatic rings. The number of nitrogens with zero attached hydrogens (tertiary/aromatic N) is 3. The van der Waals surface area contributed by atoms with Crippen LogP contribution in [0.25, 0.3) is 0 Å². The Morgan fingerprint density at radius 2 is 1.94 bits per heavy atom. The first-order chi connectivity index (χ1) is 14.9. The van der Waals surface area contributed by atoms with Crippen LogP contribution in [0.4, 0.5) is 4.39 Å². The lowest BCUT2D eigenvalue weighted by molar-refractivity contribution is -0.123. The van der Waals surface area contributed by atoms with Crippen molar-refractivity contribution >= 4 is 5.91 Å². The van der Waals surface area contributed by atoms with Crippen molar-refractivity contribution in [1.82, 2.24) is 20.0 Å². The van der Waals surface area contributed by atoms with Gasteiger partial charge in [-0.2, -0.15) is 5.10 Å². The highest BCUT2D eigenvalue weighted by Crippen LogP contribution is 2.42. The quantitative estimate of drug-likeness (QED) is 0.771. The lowest BCUT2D eigenvalue weighted by Gasteiger charge is -2.39. The minimum absolute atomic E-state index is 0.0379. The summed E-state index contributed by atoms with van der Waals surface area (Å²) < 4.78 is 15.1. The van der Waals surface area contributed by atoms with Gasteiger partial charge in [0.25, 0.3) is 5.56 Å². The number of rotatable bonds is 6. The van der Waals surface area contributed by atoms with Crippen molar-refractivity contribution in [2.45, 2.75) is 63.5 Å². The number of benzene rings is 1. The molecule has 31 heavy (non-hydrogen) atoms. The molecule has 0 atom stereocenters. The molecule has 2 aliphatic rings. The first kappa shape index (κ1) is 21.7. The summed E-state index contributed by atoms with van der Waals surface area (Å²) in [5.74, 6) is -0.335. The van der Waals surface area contributed by atoms with Crippen LogP contribution in [0.2, 0.25) is 0 Å². The minimum Gasteiger partial charge on any atom is -0.352 e. The zero-order valence-electron chi connectivity index (χ0n) is 18.1. The van der Waals surface area contributed by atoms with Crippen LogP contribution in [0, 0.1) is 12.7 Å². The van der Waals surface area contributed by atoms with E-state index in [-0.39, 0.29) is 35.3 Å². The van der Waals surface area contributed by atoms with Gasteiger partial charge in [0.15, 0.2) is 0 Å². The molecule has 1 aromatic heterocycles. The van der Waals surface area contributed by atoms with Crippen molar-refractivity contribution in [2.75, 3.05) is 19.6 Å². The average Bonchev–Trinajstić information content (AvgIpc) is 3.22. The number of hydrogen-bond donors (Lipinski definition) is 1. The van der Waals surface area contributed by atoms with E-state index in [4.69, 9.17) is 0 Å². The summed E-state index contributed by atoms with van der Waals surface area (Å²) in [7, 11) is 0. The van der Waals surface area contributed by atoms with Gasteiger partial charge in [-0.05, 0) is 56.4 Å². The molecule has 0 spiro atoms. The standard InChI is InChI=1S/C24H31FN4O2/c1-18-7-8-23(31)29(27-18)16-22(30)26-21-9-13-28(14-10-21)17-24(11-2-3-12-24)19-5-4-6-20(25)15-19/h4-8,15,21H,2-3,9-14,16-17H2,1H3,(H,26,30). The summed E-state index contributed by atoms with van der Waals surface area (Å²) in [5.41, 5.74) is 1.60. The zero-order chi connectivity index (χ0) is 21.8. The van der Waals surface area contributed by atoms with E-state index in [1.165, 1.54) is 29.7 Å². The molecular weight excluding hydrogens is 395 g/mol. The molecule has 0 radical (unpaired) electrons. The predicted molar refractivity (Wildman–Crippen MR) is 117 cm³/mol. The smallest absolute Gasteiger partial charge is 0.267 e. The summed E-state index contributed by atoms with van der Waals surface area (Å²) in [6.45, 7) is 4.50. The number of aromatic nitrogens is 2. The number of carbonyl (C=O) groups is 1. The second-order valence-corrected chi connectivity index (χ2v) is 9.09. The van der Waals surface area contributed by atoms with Crippen LogP contribution >= 0.6 is 0 Å². The summed E-state index contributed by atoms with van der Waals surface area (Å²) in [6, 6.07) is 10.3. The molecule has 6 nitrogen and oxygen atoms in total. The van der Waals surface area contributed by atoms with E-state index < -0.39 is 0 Å². The van der Waals surface area contributed by atoms with E-state index in [0.29, 0.717) is 5.69 Å². The summed E-state index contributed by atoms with van der Waals surface area (Å²) in [6.07, 6.45) is 6.34. The van der Waals surface area contributed by atoms with Gasteiger partial charge in [0.05, 0.1) is 5.69 Å². The van der Waals surface area contributed by atoms with E-state index in [9.17, 15) is 14.0 Å². The molecule has 1 N–H and O–H groups in total. The summed E-state index contributed by atoms with van der Waals surface area (Å²) in [4.78, 5) is 26.7. The number of carbonyl (C=O) groups excluding carboxylic acids is 1. The zero-order valence-corrected chi connectivity index (χ0v) is 18.1. The van der Waals surface area contributed by atoms with Gasteiger partial charge in [0, 0.05) is 37.2 Å². The Hall–Kier alpha value is -2.54. The van der Waals surface area contributed by atoms with Crippen molar-refractivity contribution in [3.8, 4) is 0 Å². The van der Waals surface area contributed by atoms with Crippen molar-refractivity contribution < 1.29 is 9.18 Å². The molecule has 1 amide bonds. The van der Waals surface area contributed by atoms with E-state index in [0.717, 1.165) is 50.9 Å². The Balaban J connectivity index is 1.31. The Labute approximate surface area is 182 Å². The molecule has 0 bridgehead atoms. The van der Waals surface area contributed by atoms with E-state index >= 15 is 0 Å². The number of amides is 1. The third-order valence-corrected chi connectivity index (χ3v) is 6.77. The van der Waals surface area contributed by atoms with Gasteiger partial charge in [-0.15, -0.1) is 0 Å². The van der Waals surface area contributed by atoms with Crippen LogP contribution < -0.4 is 10.9 Å². The molecule has 0 unspecified atom stereocenters. The van der Waals surface area contributed by atoms with Gasteiger partial charge in [0.1, 0.15) is 12.4 Å². The van der Waals surface area contributed by atoms with E-state index in [2.05, 4.69) is 21.4 Å². The molecule has 1 saturated carbocycles. The van der Waals surface area contributed by atoms with Crippen LogP contribution in [0.15, 0.2) is 41.2 Å². The van der Waals surface area contributed by atoms with Gasteiger partial charge in [-0.3, -0.25) is 9.59 Å². The molecule has 7 heteroatoms. The molecule has 2 heterocycles. The topological polar surface area (TPSA) is 67.2 Å². The summed E-state index contributed by atoms with van der Waals surface area (Å²) >= 11 is 0. The molecule has 4 rings (SSSR count). The molecule has 1 aliphatic carbocycles. The van der Waals surface area contributed by atoms with Crippen LogP contribution in [-0.4, -0.2) is 46.3 Å². The van der Waals surface area contributed by atoms with Crippen LogP contribution in [0.5, 0.6) is 0 Å². The third-order valence-electron chi connectivity index (χ3n) is 6.77. The van der Waals surface area contributed by atoms with Gasteiger partial charge in [0.2, 0.25) is 5.91 Å². The van der Waals surface area contributed by atoms with Crippen LogP contribution in [-0.2, 0) is 16.8 Å². The SMILES string of the molecule is Cc1ccc(=O)n(CC(=O)NC2CCN(CC3(c4cccc(F)c4)CCCC3)CC2)n1. The number of hydrogen-bond acceptors (Lipinski definition) is 4. The maximum atomic E-state index is 13.9. The number of aryl methyl sites for hydroxylation is 1. The lowest BCUT2D eigenvalue weighted by Crippen LogP contribution is -2.49. The minimum atomic E-state index is -0.269. The number of piperidine rings is 1. The van der Waals surface area contributed by atoms with Gasteiger partial charge in [-0.1, -0.05) is 25.0 Å². The molecule has 1 aromatic carbocycles. The lowest BCUT2D eigenvalue weighted by atomic mass is 9.78. The van der Waals surface area contributed by atoms with Crippen molar-refractivity contribution in [3.63, 3.8) is 0 Å². The largest absolute Gasteiger partial charge is 0.352 e. The van der Waals surface area contributed by atoms with Crippen LogP contribution in [0.1, 0.15) is 49.8 Å². The maximum Gasteiger partial charge on any atom is 0.267 e. The highest BCUT2D eigenvalue weighted by Gasteiger charge is 2.38. The fraction of sp³-hybridized carbons (Fsp3) is 0.542. The Bertz CT molecular complexity index is 976. The number of halogens is 1. The second-order valence-electron chi connectivity index (χ2n) is 9.09. The van der Waals surface area contributed by atoms with Gasteiger partial charge >= 0.3 is 0 Å². The molecule has 2 fully saturated rings. The second kappa shape index (κ2) is 9.30. The molecule has 1 saturated heterocycles. The Morgan fingerprint density at radius 1 is 1.19 bits per heavy atom. The first-order valence-electron chi connectivity index (χ1n) is 11.3. The molecule has 166 valence electrons. The maximum absolute atomic E-state index is 13.9. The Morgan fingerprint density at radius 3 is 2.65 bits per heavy atom. The molecule has 1 aliphatic heterocycles. The number of nitrogens with one attached hydrogen (secondary N) is 1. The highest BCUT2D eigenvalue weighted by atomic mass is 19.1. The normalized spacial score (nSPS) is 19.4. The first-order valence-corrected chi connectivity index (χ1v) is 11.3. The highest BCUT2D eigenvalue weighted by molar-refractivity contribution is 5.75. The Kier molecular flexibility index (Phi) is 6.51.